The van der Waals surface area contributed by atoms with E-state index in [-0.39, 0.29) is 5.76 Å². The van der Waals surface area contributed by atoms with Gasteiger partial charge in [0.05, 0.1) is 6.61 Å². The average molecular weight is 158 g/mol. The maximum Gasteiger partial charge on any atom is 0.370 e. The minimum absolute atomic E-state index is 0.175. The molecule has 0 aromatic heterocycles. The van der Waals surface area contributed by atoms with E-state index in [4.69, 9.17) is 9.84 Å². The molecule has 0 aliphatic rings. The Kier molecular flexibility index (Phi) is 4.34. The summed E-state index contributed by atoms with van der Waals surface area (Å²) in [4.78, 5) is 10.2. The molecule has 0 unspecified atom stereocenters. The zero-order valence-corrected chi connectivity index (χ0v) is 6.96. The molecule has 0 aromatic rings. The van der Waals surface area contributed by atoms with E-state index in [1.165, 1.54) is 0 Å². The summed E-state index contributed by atoms with van der Waals surface area (Å²) < 4.78 is 4.82. The maximum atomic E-state index is 10.2. The molecule has 0 bridgehead atoms. The van der Waals surface area contributed by atoms with Gasteiger partial charge in [-0.2, -0.15) is 0 Å². The molecule has 0 radical (unpaired) electrons. The van der Waals surface area contributed by atoms with E-state index in [1.807, 2.05) is 13.8 Å². The van der Waals surface area contributed by atoms with E-state index in [2.05, 4.69) is 6.58 Å². The van der Waals surface area contributed by atoms with E-state index in [1.54, 1.807) is 0 Å². The molecule has 3 nitrogen and oxygen atoms in total. The van der Waals surface area contributed by atoms with Gasteiger partial charge in [-0.15, -0.1) is 0 Å². The van der Waals surface area contributed by atoms with E-state index in [0.717, 1.165) is 6.42 Å². The first-order valence-electron chi connectivity index (χ1n) is 3.59. The van der Waals surface area contributed by atoms with Crippen LogP contribution in [0.3, 0.4) is 0 Å². The van der Waals surface area contributed by atoms with Gasteiger partial charge in [0, 0.05) is 0 Å². The lowest BCUT2D eigenvalue weighted by Gasteiger charge is -2.06. The summed E-state index contributed by atoms with van der Waals surface area (Å²) in [6, 6.07) is 0. The Morgan fingerprint density at radius 3 is 2.55 bits per heavy atom. The van der Waals surface area contributed by atoms with Crippen molar-refractivity contribution < 1.29 is 14.6 Å². The lowest BCUT2D eigenvalue weighted by Crippen LogP contribution is -2.05. The molecule has 3 heteroatoms. The van der Waals surface area contributed by atoms with Gasteiger partial charge in [-0.05, 0) is 18.9 Å². The van der Waals surface area contributed by atoms with Gasteiger partial charge < -0.3 is 9.84 Å². The molecule has 1 N–H and O–H groups in total. The molecular weight excluding hydrogens is 144 g/mol. The largest absolute Gasteiger partial charge is 0.487 e. The molecule has 0 saturated heterocycles. The van der Waals surface area contributed by atoms with Crippen molar-refractivity contribution in [2.75, 3.05) is 6.61 Å². The molecule has 0 aliphatic carbocycles. The van der Waals surface area contributed by atoms with Crippen LogP contribution in [0.5, 0.6) is 0 Å². The number of carboxylic acid groups (broad SMARTS) is 1. The summed E-state index contributed by atoms with van der Waals surface area (Å²) in [6.07, 6.45) is 0.853. The van der Waals surface area contributed by atoms with Crippen molar-refractivity contribution in [3.8, 4) is 0 Å². The minimum Gasteiger partial charge on any atom is -0.487 e. The fourth-order valence-corrected chi connectivity index (χ4v) is 0.480. The average Bonchev–Trinajstić information content (AvgIpc) is 1.86. The highest BCUT2D eigenvalue weighted by atomic mass is 16.5. The highest BCUT2D eigenvalue weighted by Crippen LogP contribution is 2.01. The summed E-state index contributed by atoms with van der Waals surface area (Å²) in [6.45, 7) is 7.76. The first-order valence-corrected chi connectivity index (χ1v) is 3.59. The van der Waals surface area contributed by atoms with Crippen molar-refractivity contribution in [1.29, 1.82) is 0 Å². The lowest BCUT2D eigenvalue weighted by atomic mass is 10.1. The van der Waals surface area contributed by atoms with Crippen LogP contribution in [0.1, 0.15) is 20.3 Å². The Morgan fingerprint density at radius 1 is 1.64 bits per heavy atom. The molecule has 0 rings (SSSR count). The fraction of sp³-hybridized carbons (Fsp3) is 0.625. The standard InChI is InChI=1S/C8H14O3/c1-6(2)4-5-11-7(3)8(9)10/h6H,3-5H2,1-2H3,(H,9,10). The van der Waals surface area contributed by atoms with Gasteiger partial charge in [0.15, 0.2) is 5.76 Å². The molecule has 0 aromatic carbocycles. The molecule has 0 spiro atoms. The Bertz CT molecular complexity index is 149. The fourth-order valence-electron chi connectivity index (χ4n) is 0.480. The highest BCUT2D eigenvalue weighted by Gasteiger charge is 2.04. The maximum absolute atomic E-state index is 10.2. The lowest BCUT2D eigenvalue weighted by molar-refractivity contribution is -0.136. The number of hydrogen-bond donors (Lipinski definition) is 1. The summed E-state index contributed by atoms with van der Waals surface area (Å²) in [5.41, 5.74) is 0. The summed E-state index contributed by atoms with van der Waals surface area (Å²) >= 11 is 0. The zero-order valence-electron chi connectivity index (χ0n) is 6.96. The highest BCUT2D eigenvalue weighted by molar-refractivity contribution is 5.83. The first-order chi connectivity index (χ1) is 5.04. The van der Waals surface area contributed by atoms with Gasteiger partial charge in [-0.3, -0.25) is 0 Å². The quantitative estimate of drug-likeness (QED) is 0.488. The van der Waals surface area contributed by atoms with E-state index >= 15 is 0 Å². The van der Waals surface area contributed by atoms with E-state index in [0.29, 0.717) is 12.5 Å². The number of carboxylic acids is 1. The van der Waals surface area contributed by atoms with Gasteiger partial charge >= 0.3 is 5.97 Å². The van der Waals surface area contributed by atoms with E-state index < -0.39 is 5.97 Å². The first kappa shape index (κ1) is 10.0. The van der Waals surface area contributed by atoms with Crippen LogP contribution in [0, 0.1) is 5.92 Å². The van der Waals surface area contributed by atoms with Crippen LogP contribution in [0.4, 0.5) is 0 Å². The van der Waals surface area contributed by atoms with Crippen LogP contribution >= 0.6 is 0 Å². The number of aliphatic carboxylic acids is 1. The van der Waals surface area contributed by atoms with Crippen molar-refractivity contribution >= 4 is 5.97 Å². The van der Waals surface area contributed by atoms with Crippen molar-refractivity contribution in [2.45, 2.75) is 20.3 Å². The number of carbonyl (C=O) groups is 1. The number of ether oxygens (including phenoxy) is 1. The second-order valence-electron chi connectivity index (χ2n) is 2.76. The predicted octanol–water partition coefficient (Wildman–Crippen LogP) is 1.65. The van der Waals surface area contributed by atoms with Crippen molar-refractivity contribution in [2.24, 2.45) is 5.92 Å². The zero-order chi connectivity index (χ0) is 8.85. The van der Waals surface area contributed by atoms with Crippen LogP contribution in [0.15, 0.2) is 12.3 Å². The predicted molar refractivity (Wildman–Crippen MR) is 42.2 cm³/mol. The van der Waals surface area contributed by atoms with Gasteiger partial charge in [0.25, 0.3) is 0 Å². The van der Waals surface area contributed by atoms with Gasteiger partial charge in [0.2, 0.25) is 0 Å². The third-order valence-corrected chi connectivity index (χ3v) is 1.21. The SMILES string of the molecule is C=C(OCCC(C)C)C(=O)O. The van der Waals surface area contributed by atoms with Crippen LogP contribution < -0.4 is 0 Å². The third kappa shape index (κ3) is 5.45. The molecular formula is C8H14O3. The molecule has 0 amide bonds. The molecule has 11 heavy (non-hydrogen) atoms. The molecule has 0 atom stereocenters. The van der Waals surface area contributed by atoms with Gasteiger partial charge in [-0.25, -0.2) is 4.79 Å². The Hall–Kier alpha value is -0.990. The topological polar surface area (TPSA) is 46.5 Å². The normalized spacial score (nSPS) is 9.73. The Labute approximate surface area is 66.7 Å². The Morgan fingerprint density at radius 2 is 2.18 bits per heavy atom. The second-order valence-corrected chi connectivity index (χ2v) is 2.76. The van der Waals surface area contributed by atoms with Crippen LogP contribution in [-0.2, 0) is 9.53 Å². The molecule has 64 valence electrons. The number of rotatable bonds is 5. The van der Waals surface area contributed by atoms with E-state index in [9.17, 15) is 4.79 Å². The molecule has 0 fully saturated rings. The van der Waals surface area contributed by atoms with Crippen LogP contribution in [-0.4, -0.2) is 17.7 Å². The monoisotopic (exact) mass is 158 g/mol. The Balaban J connectivity index is 3.40. The minimum atomic E-state index is -1.09. The van der Waals surface area contributed by atoms with Crippen molar-refractivity contribution in [3.05, 3.63) is 12.3 Å². The van der Waals surface area contributed by atoms with Crippen molar-refractivity contribution in [3.63, 3.8) is 0 Å². The number of hydrogen-bond acceptors (Lipinski definition) is 2. The third-order valence-electron chi connectivity index (χ3n) is 1.21. The van der Waals surface area contributed by atoms with Crippen LogP contribution in [0.25, 0.3) is 0 Å². The summed E-state index contributed by atoms with van der Waals surface area (Å²) in [7, 11) is 0. The molecule has 0 saturated carbocycles. The van der Waals surface area contributed by atoms with Gasteiger partial charge in [0.1, 0.15) is 0 Å². The summed E-state index contributed by atoms with van der Waals surface area (Å²) in [5.74, 6) is -0.740. The van der Waals surface area contributed by atoms with Gasteiger partial charge in [-0.1, -0.05) is 13.8 Å². The summed E-state index contributed by atoms with van der Waals surface area (Å²) in [5, 5.41) is 8.32. The van der Waals surface area contributed by atoms with Crippen molar-refractivity contribution in [1.82, 2.24) is 0 Å². The smallest absolute Gasteiger partial charge is 0.370 e. The molecule has 0 heterocycles. The second kappa shape index (κ2) is 4.77. The molecule has 0 aliphatic heterocycles. The van der Waals surface area contributed by atoms with Crippen LogP contribution in [0.2, 0.25) is 0 Å².